The summed E-state index contributed by atoms with van der Waals surface area (Å²) in [6.07, 6.45) is 2.25. The molecule has 8 heteroatoms. The van der Waals surface area contributed by atoms with Crippen LogP contribution in [0.3, 0.4) is 0 Å². The van der Waals surface area contributed by atoms with E-state index in [-0.39, 0.29) is 29.6 Å². The maximum Gasteiger partial charge on any atom is 0.441 e. The topological polar surface area (TPSA) is 66.4 Å². The quantitative estimate of drug-likeness (QED) is 0.625. The minimum absolute atomic E-state index is 0.113. The van der Waals surface area contributed by atoms with Gasteiger partial charge in [0.1, 0.15) is 0 Å². The number of hydrogen-bond acceptors (Lipinski definition) is 3. The average Bonchev–Trinajstić information content (AvgIpc) is 2.40. The number of halogens is 3. The zero-order valence-corrected chi connectivity index (χ0v) is 11.5. The summed E-state index contributed by atoms with van der Waals surface area (Å²) in [6, 6.07) is 6.10. The van der Waals surface area contributed by atoms with Crippen LogP contribution in [0, 0.1) is 0 Å². The van der Waals surface area contributed by atoms with E-state index in [0.717, 1.165) is 6.08 Å². The van der Waals surface area contributed by atoms with Gasteiger partial charge in [0, 0.05) is 23.9 Å². The van der Waals surface area contributed by atoms with Crippen LogP contribution in [-0.4, -0.2) is 34.8 Å². The number of carboxylic acids is 1. The molecule has 0 heterocycles. The zero-order valence-electron chi connectivity index (χ0n) is 10.7. The highest BCUT2D eigenvalue weighted by atomic mass is 32.2. The number of nitrogens with one attached hydrogen (secondary N) is 1. The third-order valence-corrected chi connectivity index (χ3v) is 2.96. The predicted molar refractivity (Wildman–Crippen MR) is 74.0 cm³/mol. The van der Waals surface area contributed by atoms with Crippen molar-refractivity contribution in [3.8, 4) is 0 Å². The van der Waals surface area contributed by atoms with Crippen molar-refractivity contribution in [3.05, 3.63) is 41.5 Å². The van der Waals surface area contributed by atoms with Crippen LogP contribution in [0.1, 0.15) is 15.9 Å². The zero-order chi connectivity index (χ0) is 15.9. The highest BCUT2D eigenvalue weighted by molar-refractivity contribution is 8.00. The third-order valence-electron chi connectivity index (χ3n) is 2.22. The first-order chi connectivity index (χ1) is 9.78. The second-order valence-electron chi connectivity index (χ2n) is 3.85. The molecule has 21 heavy (non-hydrogen) atoms. The number of alkyl halides is 3. The summed E-state index contributed by atoms with van der Waals surface area (Å²) in [7, 11) is 0. The normalized spacial score (nSPS) is 11.6. The lowest BCUT2D eigenvalue weighted by Gasteiger charge is -2.07. The Balaban J connectivity index is 2.54. The Kier molecular flexibility index (Phi) is 6.29. The lowest BCUT2D eigenvalue weighted by Crippen LogP contribution is -2.26. The van der Waals surface area contributed by atoms with Gasteiger partial charge in [-0.15, -0.1) is 0 Å². The Labute approximate surface area is 123 Å². The minimum Gasteiger partial charge on any atom is -0.478 e. The van der Waals surface area contributed by atoms with Crippen molar-refractivity contribution in [2.45, 2.75) is 5.51 Å². The predicted octanol–water partition coefficient (Wildman–Crippen LogP) is 2.77. The van der Waals surface area contributed by atoms with Gasteiger partial charge in [0.2, 0.25) is 0 Å². The van der Waals surface area contributed by atoms with Crippen molar-refractivity contribution in [2.24, 2.45) is 0 Å². The van der Waals surface area contributed by atoms with E-state index in [1.165, 1.54) is 18.2 Å². The molecule has 0 fully saturated rings. The number of carbonyl (C=O) groups excluding carboxylic acids is 1. The largest absolute Gasteiger partial charge is 0.478 e. The summed E-state index contributed by atoms with van der Waals surface area (Å²) in [4.78, 5) is 22.1. The third kappa shape index (κ3) is 7.40. The number of carboxylic acid groups (broad SMARTS) is 1. The van der Waals surface area contributed by atoms with E-state index < -0.39 is 17.4 Å². The molecule has 0 saturated carbocycles. The molecule has 114 valence electrons. The molecule has 0 aliphatic heterocycles. The summed E-state index contributed by atoms with van der Waals surface area (Å²) >= 11 is -0.206. The number of hydrogen-bond donors (Lipinski definition) is 2. The maximum absolute atomic E-state index is 11.9. The van der Waals surface area contributed by atoms with Crippen molar-refractivity contribution in [1.82, 2.24) is 5.32 Å². The van der Waals surface area contributed by atoms with E-state index in [9.17, 15) is 22.8 Å². The standard InChI is InChI=1S/C13H12F3NO3S/c14-13(15,16)21-7-6-17-12(20)10-3-1-2-9(8-10)4-5-11(18)19/h1-5,8H,6-7H2,(H,17,20)(H,18,19)/b5-4+. The molecule has 2 N–H and O–H groups in total. The summed E-state index contributed by atoms with van der Waals surface area (Å²) in [5.74, 6) is -1.90. The first-order valence-corrected chi connectivity index (χ1v) is 6.76. The van der Waals surface area contributed by atoms with E-state index in [4.69, 9.17) is 5.11 Å². The number of rotatable bonds is 6. The molecule has 0 atom stereocenters. The summed E-state index contributed by atoms with van der Waals surface area (Å²) in [5.41, 5.74) is -3.55. The molecule has 0 bridgehead atoms. The van der Waals surface area contributed by atoms with Gasteiger partial charge < -0.3 is 10.4 Å². The van der Waals surface area contributed by atoms with Crippen molar-refractivity contribution in [2.75, 3.05) is 12.3 Å². The van der Waals surface area contributed by atoms with Gasteiger partial charge in [0.05, 0.1) is 0 Å². The highest BCUT2D eigenvalue weighted by Crippen LogP contribution is 2.29. The first-order valence-electron chi connectivity index (χ1n) is 5.78. The molecule has 1 aromatic carbocycles. The van der Waals surface area contributed by atoms with E-state index >= 15 is 0 Å². The Morgan fingerprint density at radius 2 is 2.05 bits per heavy atom. The summed E-state index contributed by atoms with van der Waals surface area (Å²) in [6.45, 7) is -0.113. The van der Waals surface area contributed by atoms with Gasteiger partial charge in [-0.3, -0.25) is 4.79 Å². The van der Waals surface area contributed by atoms with Gasteiger partial charge >= 0.3 is 11.5 Å². The second-order valence-corrected chi connectivity index (χ2v) is 5.01. The molecular weight excluding hydrogens is 307 g/mol. The Morgan fingerprint density at radius 1 is 1.33 bits per heavy atom. The van der Waals surface area contributed by atoms with Crippen LogP contribution in [0.2, 0.25) is 0 Å². The van der Waals surface area contributed by atoms with Gasteiger partial charge in [-0.05, 0) is 35.5 Å². The van der Waals surface area contributed by atoms with E-state index in [0.29, 0.717) is 5.56 Å². The van der Waals surface area contributed by atoms with Gasteiger partial charge in [0.15, 0.2) is 0 Å². The van der Waals surface area contributed by atoms with E-state index in [1.807, 2.05) is 0 Å². The number of carbonyl (C=O) groups is 2. The van der Waals surface area contributed by atoms with Crippen LogP contribution in [0.5, 0.6) is 0 Å². The fourth-order valence-corrected chi connectivity index (χ4v) is 1.82. The molecule has 0 aliphatic rings. The maximum atomic E-state index is 11.9. The van der Waals surface area contributed by atoms with Crippen LogP contribution in [0.4, 0.5) is 13.2 Å². The van der Waals surface area contributed by atoms with Crippen LogP contribution in [0.25, 0.3) is 6.08 Å². The Bertz CT molecular complexity index is 544. The molecular formula is C13H12F3NO3S. The van der Waals surface area contributed by atoms with Crippen molar-refractivity contribution < 1.29 is 27.9 Å². The van der Waals surface area contributed by atoms with Gasteiger partial charge in [-0.25, -0.2) is 4.79 Å². The number of benzene rings is 1. The molecule has 0 aromatic heterocycles. The van der Waals surface area contributed by atoms with Crippen LogP contribution in [0.15, 0.2) is 30.3 Å². The molecule has 4 nitrogen and oxygen atoms in total. The fourth-order valence-electron chi connectivity index (χ4n) is 1.38. The smallest absolute Gasteiger partial charge is 0.441 e. The number of amides is 1. The molecule has 0 unspecified atom stereocenters. The van der Waals surface area contributed by atoms with Gasteiger partial charge in [-0.1, -0.05) is 12.1 Å². The molecule has 0 saturated heterocycles. The average molecular weight is 319 g/mol. The van der Waals surface area contributed by atoms with Gasteiger partial charge in [-0.2, -0.15) is 13.2 Å². The van der Waals surface area contributed by atoms with Gasteiger partial charge in [0.25, 0.3) is 5.91 Å². The van der Waals surface area contributed by atoms with Crippen LogP contribution >= 0.6 is 11.8 Å². The number of thioether (sulfide) groups is 1. The van der Waals surface area contributed by atoms with Crippen molar-refractivity contribution in [3.63, 3.8) is 0 Å². The fraction of sp³-hybridized carbons (Fsp3) is 0.231. The Morgan fingerprint density at radius 3 is 2.67 bits per heavy atom. The summed E-state index contributed by atoms with van der Waals surface area (Å²) < 4.78 is 35.7. The second kappa shape index (κ2) is 7.72. The monoisotopic (exact) mass is 319 g/mol. The highest BCUT2D eigenvalue weighted by Gasteiger charge is 2.27. The molecule has 1 rings (SSSR count). The van der Waals surface area contributed by atoms with Crippen LogP contribution in [-0.2, 0) is 4.79 Å². The number of aliphatic carboxylic acids is 1. The Hall–Kier alpha value is -1.96. The van der Waals surface area contributed by atoms with Crippen molar-refractivity contribution >= 4 is 29.7 Å². The summed E-state index contributed by atoms with van der Waals surface area (Å²) in [5, 5.41) is 10.9. The minimum atomic E-state index is -4.31. The SMILES string of the molecule is O=C(O)/C=C/c1cccc(C(=O)NCCSC(F)(F)F)c1. The van der Waals surface area contributed by atoms with E-state index in [2.05, 4.69) is 5.32 Å². The molecule has 1 aromatic rings. The van der Waals surface area contributed by atoms with E-state index in [1.54, 1.807) is 12.1 Å². The molecule has 1 amide bonds. The molecule has 0 aliphatic carbocycles. The molecule has 0 radical (unpaired) electrons. The lowest BCUT2D eigenvalue weighted by molar-refractivity contribution is -0.131. The molecule has 0 spiro atoms. The van der Waals surface area contributed by atoms with Crippen LogP contribution < -0.4 is 5.32 Å². The lowest BCUT2D eigenvalue weighted by atomic mass is 10.1. The van der Waals surface area contributed by atoms with Crippen molar-refractivity contribution in [1.29, 1.82) is 0 Å². The first kappa shape index (κ1) is 17.1.